The highest BCUT2D eigenvalue weighted by Crippen LogP contribution is 2.23. The molecule has 5 heteroatoms. The first-order valence-electron chi connectivity index (χ1n) is 8.29. The fourth-order valence-corrected chi connectivity index (χ4v) is 2.72. The van der Waals surface area contributed by atoms with Crippen molar-refractivity contribution in [3.05, 3.63) is 83.8 Å². The summed E-state index contributed by atoms with van der Waals surface area (Å²) in [6.07, 6.45) is 3.58. The van der Waals surface area contributed by atoms with Crippen LogP contribution in [0.2, 0.25) is 0 Å². The van der Waals surface area contributed by atoms with Gasteiger partial charge in [-0.3, -0.25) is 4.79 Å². The van der Waals surface area contributed by atoms with Crippen molar-refractivity contribution in [1.82, 2.24) is 5.32 Å². The van der Waals surface area contributed by atoms with Gasteiger partial charge in [-0.05, 0) is 47.9 Å². The van der Waals surface area contributed by atoms with Crippen LogP contribution in [-0.2, 0) is 6.42 Å². The Morgan fingerprint density at radius 3 is 2.12 bits per heavy atom. The molecule has 1 atom stereocenters. The maximum Gasteiger partial charge on any atom is 0.255 e. The molecular weight excluding hydrogens is 330 g/mol. The van der Waals surface area contributed by atoms with Gasteiger partial charge in [0, 0.05) is 0 Å². The van der Waals surface area contributed by atoms with E-state index in [4.69, 9.17) is 13.9 Å². The van der Waals surface area contributed by atoms with Crippen LogP contribution < -0.4 is 14.8 Å². The average Bonchev–Trinajstić information content (AvgIpc) is 3.23. The summed E-state index contributed by atoms with van der Waals surface area (Å²) < 4.78 is 15.4. The summed E-state index contributed by atoms with van der Waals surface area (Å²) in [5.74, 6) is 1.41. The second kappa shape index (κ2) is 8.25. The van der Waals surface area contributed by atoms with E-state index >= 15 is 0 Å². The van der Waals surface area contributed by atoms with Gasteiger partial charge in [-0.2, -0.15) is 0 Å². The first-order chi connectivity index (χ1) is 12.7. The van der Waals surface area contributed by atoms with Crippen molar-refractivity contribution in [2.24, 2.45) is 0 Å². The number of carbonyl (C=O) groups excluding carboxylic acids is 1. The number of hydrogen-bond acceptors (Lipinski definition) is 4. The summed E-state index contributed by atoms with van der Waals surface area (Å²) >= 11 is 0. The van der Waals surface area contributed by atoms with E-state index in [-0.39, 0.29) is 11.9 Å². The summed E-state index contributed by atoms with van der Waals surface area (Å²) in [5, 5.41) is 3.08. The van der Waals surface area contributed by atoms with Crippen LogP contribution in [0.3, 0.4) is 0 Å². The van der Waals surface area contributed by atoms with E-state index in [1.54, 1.807) is 20.3 Å². The molecule has 26 heavy (non-hydrogen) atoms. The predicted octanol–water partition coefficient (Wildman–Crippen LogP) is 4.01. The van der Waals surface area contributed by atoms with E-state index in [9.17, 15) is 4.79 Å². The zero-order chi connectivity index (χ0) is 18.4. The van der Waals surface area contributed by atoms with E-state index in [0.29, 0.717) is 12.0 Å². The Balaban J connectivity index is 1.82. The van der Waals surface area contributed by atoms with Gasteiger partial charge in [0.2, 0.25) is 0 Å². The molecule has 0 aliphatic rings. The SMILES string of the molecule is COc1ccc(CC(NC(=O)c2ccoc2)c2ccc(OC)cc2)cc1. The Morgan fingerprint density at radius 1 is 0.962 bits per heavy atom. The molecule has 2 aromatic carbocycles. The van der Waals surface area contributed by atoms with Crippen molar-refractivity contribution in [3.8, 4) is 11.5 Å². The monoisotopic (exact) mass is 351 g/mol. The van der Waals surface area contributed by atoms with Crippen LogP contribution in [0.25, 0.3) is 0 Å². The van der Waals surface area contributed by atoms with Crippen molar-refractivity contribution in [2.75, 3.05) is 14.2 Å². The van der Waals surface area contributed by atoms with Gasteiger partial charge in [0.25, 0.3) is 5.91 Å². The normalized spacial score (nSPS) is 11.6. The highest BCUT2D eigenvalue weighted by atomic mass is 16.5. The third-order valence-electron chi connectivity index (χ3n) is 4.21. The summed E-state index contributed by atoms with van der Waals surface area (Å²) in [7, 11) is 3.27. The lowest BCUT2D eigenvalue weighted by Crippen LogP contribution is -2.29. The number of hydrogen-bond donors (Lipinski definition) is 1. The van der Waals surface area contributed by atoms with Gasteiger partial charge in [0.1, 0.15) is 17.8 Å². The molecular formula is C21H21NO4. The molecule has 0 aliphatic heterocycles. The van der Waals surface area contributed by atoms with Gasteiger partial charge in [-0.1, -0.05) is 24.3 Å². The molecule has 5 nitrogen and oxygen atoms in total. The maximum absolute atomic E-state index is 12.5. The maximum atomic E-state index is 12.5. The third-order valence-corrected chi connectivity index (χ3v) is 4.21. The molecule has 3 rings (SSSR count). The number of rotatable bonds is 7. The van der Waals surface area contributed by atoms with Crippen LogP contribution in [0.15, 0.2) is 71.5 Å². The largest absolute Gasteiger partial charge is 0.497 e. The summed E-state index contributed by atoms with van der Waals surface area (Å²) in [4.78, 5) is 12.5. The quantitative estimate of drug-likeness (QED) is 0.699. The number of nitrogens with one attached hydrogen (secondary N) is 1. The summed E-state index contributed by atoms with van der Waals surface area (Å²) in [5.41, 5.74) is 2.59. The lowest BCUT2D eigenvalue weighted by Gasteiger charge is -2.20. The fraction of sp³-hybridized carbons (Fsp3) is 0.190. The number of furan rings is 1. The van der Waals surface area contributed by atoms with E-state index in [1.807, 2.05) is 48.5 Å². The molecule has 134 valence electrons. The fourth-order valence-electron chi connectivity index (χ4n) is 2.72. The Kier molecular flexibility index (Phi) is 5.59. The number of amides is 1. The summed E-state index contributed by atoms with van der Waals surface area (Å²) in [6, 6.07) is 17.0. The van der Waals surface area contributed by atoms with Crippen molar-refractivity contribution in [3.63, 3.8) is 0 Å². The Labute approximate surface area is 152 Å². The van der Waals surface area contributed by atoms with Crippen LogP contribution >= 0.6 is 0 Å². The number of methoxy groups -OCH3 is 2. The predicted molar refractivity (Wildman–Crippen MR) is 98.6 cm³/mol. The van der Waals surface area contributed by atoms with Crippen LogP contribution in [0.5, 0.6) is 11.5 Å². The van der Waals surface area contributed by atoms with Crippen molar-refractivity contribution >= 4 is 5.91 Å². The first kappa shape index (κ1) is 17.6. The van der Waals surface area contributed by atoms with Crippen molar-refractivity contribution in [1.29, 1.82) is 0 Å². The molecule has 0 spiro atoms. The molecule has 3 aromatic rings. The molecule has 1 heterocycles. The van der Waals surface area contributed by atoms with Gasteiger partial charge in [0.15, 0.2) is 0 Å². The minimum absolute atomic E-state index is 0.173. The van der Waals surface area contributed by atoms with Gasteiger partial charge in [-0.25, -0.2) is 0 Å². The zero-order valence-electron chi connectivity index (χ0n) is 14.8. The lowest BCUT2D eigenvalue weighted by molar-refractivity contribution is 0.0936. The Morgan fingerprint density at radius 2 is 1.58 bits per heavy atom. The van der Waals surface area contributed by atoms with Crippen LogP contribution in [0.1, 0.15) is 27.5 Å². The molecule has 0 bridgehead atoms. The van der Waals surface area contributed by atoms with Crippen LogP contribution in [-0.4, -0.2) is 20.1 Å². The second-order valence-corrected chi connectivity index (χ2v) is 5.86. The van der Waals surface area contributed by atoms with Gasteiger partial charge in [-0.15, -0.1) is 0 Å². The standard InChI is InChI=1S/C21H21NO4/c1-24-18-7-3-15(4-8-18)13-20(16-5-9-19(25-2)10-6-16)22-21(23)17-11-12-26-14-17/h3-12,14,20H,13H2,1-2H3,(H,22,23). The van der Waals surface area contributed by atoms with Gasteiger partial charge < -0.3 is 19.2 Å². The molecule has 1 aromatic heterocycles. The molecule has 0 fully saturated rings. The zero-order valence-corrected chi connectivity index (χ0v) is 14.8. The molecule has 0 saturated heterocycles. The summed E-state index contributed by atoms with van der Waals surface area (Å²) in [6.45, 7) is 0. The van der Waals surface area contributed by atoms with E-state index < -0.39 is 0 Å². The molecule has 1 amide bonds. The second-order valence-electron chi connectivity index (χ2n) is 5.86. The first-order valence-corrected chi connectivity index (χ1v) is 8.29. The third kappa shape index (κ3) is 4.25. The topological polar surface area (TPSA) is 60.7 Å². The van der Waals surface area contributed by atoms with Crippen LogP contribution in [0, 0.1) is 0 Å². The smallest absolute Gasteiger partial charge is 0.255 e. The van der Waals surface area contributed by atoms with E-state index in [1.165, 1.54) is 12.5 Å². The highest BCUT2D eigenvalue weighted by molar-refractivity contribution is 5.94. The highest BCUT2D eigenvalue weighted by Gasteiger charge is 2.17. The van der Waals surface area contributed by atoms with Crippen LogP contribution in [0.4, 0.5) is 0 Å². The Hall–Kier alpha value is -3.21. The number of benzene rings is 2. The van der Waals surface area contributed by atoms with Crippen molar-refractivity contribution < 1.29 is 18.7 Å². The van der Waals surface area contributed by atoms with E-state index in [2.05, 4.69) is 5.32 Å². The molecule has 1 N–H and O–H groups in total. The lowest BCUT2D eigenvalue weighted by atomic mass is 9.98. The van der Waals surface area contributed by atoms with Gasteiger partial charge >= 0.3 is 0 Å². The molecule has 0 radical (unpaired) electrons. The average molecular weight is 351 g/mol. The minimum Gasteiger partial charge on any atom is -0.497 e. The number of carbonyl (C=O) groups is 1. The minimum atomic E-state index is -0.184. The molecule has 0 saturated carbocycles. The molecule has 0 aliphatic carbocycles. The Bertz CT molecular complexity index is 823. The van der Waals surface area contributed by atoms with E-state index in [0.717, 1.165) is 22.6 Å². The van der Waals surface area contributed by atoms with Gasteiger partial charge in [0.05, 0.1) is 32.1 Å². The molecule has 1 unspecified atom stereocenters. The number of ether oxygens (including phenoxy) is 2. The van der Waals surface area contributed by atoms with Crippen molar-refractivity contribution in [2.45, 2.75) is 12.5 Å².